The SMILES string of the molecule is CC(=O)NC[C@H](C)n1c(=O)c(-c2cccc(F)c2Cl)cn(CC(=O)N2CC(C)C(N3CCc4ccccc4NC3=O)C(C)C2)c1=O. The number of benzene rings is 2. The molecule has 3 aromatic rings. The molecule has 0 radical (unpaired) electrons. The quantitative estimate of drug-likeness (QED) is 0.402. The number of rotatable bonds is 7. The number of fused-ring (bicyclic) bond motifs is 1. The normalized spacial score (nSPS) is 20.4. The van der Waals surface area contributed by atoms with Crippen LogP contribution in [0.5, 0.6) is 0 Å². The predicted octanol–water partition coefficient (Wildman–Crippen LogP) is 3.74. The van der Waals surface area contributed by atoms with Crippen LogP contribution in [0.1, 0.15) is 39.3 Å². The average Bonchev–Trinajstić information content (AvgIpc) is 3.17. The number of halogens is 2. The van der Waals surface area contributed by atoms with Gasteiger partial charge >= 0.3 is 11.7 Å². The molecule has 2 aliphatic rings. The number of hydrogen-bond acceptors (Lipinski definition) is 5. The molecule has 46 heavy (non-hydrogen) atoms. The lowest BCUT2D eigenvalue weighted by Gasteiger charge is -2.46. The van der Waals surface area contributed by atoms with E-state index in [2.05, 4.69) is 10.6 Å². The Morgan fingerprint density at radius 1 is 1.04 bits per heavy atom. The summed E-state index contributed by atoms with van der Waals surface area (Å²) < 4.78 is 16.5. The summed E-state index contributed by atoms with van der Waals surface area (Å²) in [6.45, 7) is 7.80. The molecule has 3 atom stereocenters. The second-order valence-corrected chi connectivity index (χ2v) is 12.7. The number of amides is 4. The van der Waals surface area contributed by atoms with E-state index in [-0.39, 0.29) is 65.0 Å². The van der Waals surface area contributed by atoms with Crippen molar-refractivity contribution < 1.29 is 18.8 Å². The third kappa shape index (κ3) is 6.57. The van der Waals surface area contributed by atoms with Crippen molar-refractivity contribution >= 4 is 35.1 Å². The molecular formula is C33H38ClFN6O5. The topological polar surface area (TPSA) is 126 Å². The number of hydrogen-bond donors (Lipinski definition) is 2. The zero-order chi connectivity index (χ0) is 33.3. The smallest absolute Gasteiger partial charge is 0.331 e. The average molecular weight is 653 g/mol. The van der Waals surface area contributed by atoms with Crippen LogP contribution in [0, 0.1) is 17.7 Å². The molecule has 244 valence electrons. The van der Waals surface area contributed by atoms with Crippen LogP contribution in [0.4, 0.5) is 14.9 Å². The molecule has 4 amide bonds. The van der Waals surface area contributed by atoms with Crippen molar-refractivity contribution in [3.05, 3.63) is 85.9 Å². The van der Waals surface area contributed by atoms with Crippen LogP contribution in [0.15, 0.2) is 58.3 Å². The van der Waals surface area contributed by atoms with Gasteiger partial charge in [0.1, 0.15) is 12.4 Å². The molecule has 0 saturated carbocycles. The fourth-order valence-corrected chi connectivity index (χ4v) is 6.91. The predicted molar refractivity (Wildman–Crippen MR) is 173 cm³/mol. The van der Waals surface area contributed by atoms with Crippen molar-refractivity contribution in [3.8, 4) is 11.1 Å². The van der Waals surface area contributed by atoms with Gasteiger partial charge in [0.15, 0.2) is 0 Å². The summed E-state index contributed by atoms with van der Waals surface area (Å²) in [5, 5.41) is 5.34. The molecule has 2 aromatic carbocycles. The number of nitrogens with zero attached hydrogens (tertiary/aromatic N) is 4. The van der Waals surface area contributed by atoms with Gasteiger partial charge < -0.3 is 20.4 Å². The minimum absolute atomic E-state index is 0.0174. The van der Waals surface area contributed by atoms with Crippen molar-refractivity contribution in [2.24, 2.45) is 11.8 Å². The highest BCUT2D eigenvalue weighted by molar-refractivity contribution is 6.33. The molecule has 1 fully saturated rings. The van der Waals surface area contributed by atoms with Gasteiger partial charge in [-0.1, -0.05) is 55.8 Å². The third-order valence-corrected chi connectivity index (χ3v) is 9.24. The van der Waals surface area contributed by atoms with Crippen LogP contribution in [0.3, 0.4) is 0 Å². The van der Waals surface area contributed by atoms with Crippen molar-refractivity contribution in [2.45, 2.75) is 52.7 Å². The van der Waals surface area contributed by atoms with Gasteiger partial charge in [-0.25, -0.2) is 14.0 Å². The van der Waals surface area contributed by atoms with E-state index in [1.165, 1.54) is 25.3 Å². The number of para-hydroxylation sites is 1. The zero-order valence-corrected chi connectivity index (χ0v) is 27.0. The van der Waals surface area contributed by atoms with E-state index >= 15 is 0 Å². The largest absolute Gasteiger partial charge is 0.354 e. The van der Waals surface area contributed by atoms with Crippen LogP contribution >= 0.6 is 11.6 Å². The Bertz CT molecular complexity index is 1780. The van der Waals surface area contributed by atoms with Crippen LogP contribution in [-0.4, -0.2) is 69.0 Å². The summed E-state index contributed by atoms with van der Waals surface area (Å²) in [6.07, 6.45) is 1.95. The molecule has 3 heterocycles. The van der Waals surface area contributed by atoms with Gasteiger partial charge in [-0.2, -0.15) is 0 Å². The van der Waals surface area contributed by atoms with E-state index < -0.39 is 23.1 Å². The highest BCUT2D eigenvalue weighted by atomic mass is 35.5. The fourth-order valence-electron chi connectivity index (χ4n) is 6.69. The summed E-state index contributed by atoms with van der Waals surface area (Å²) in [7, 11) is 0. The van der Waals surface area contributed by atoms with Crippen LogP contribution < -0.4 is 21.9 Å². The van der Waals surface area contributed by atoms with Crippen LogP contribution in [0.2, 0.25) is 5.02 Å². The maximum Gasteiger partial charge on any atom is 0.331 e. The summed E-state index contributed by atoms with van der Waals surface area (Å²) in [5.41, 5.74) is 0.432. The molecule has 1 saturated heterocycles. The number of nitrogens with one attached hydrogen (secondary N) is 2. The summed E-state index contributed by atoms with van der Waals surface area (Å²) >= 11 is 6.24. The first-order valence-corrected chi connectivity index (χ1v) is 15.7. The number of likely N-dealkylation sites (tertiary alicyclic amines) is 1. The number of carbonyl (C=O) groups excluding carboxylic acids is 3. The van der Waals surface area contributed by atoms with Gasteiger partial charge in [0, 0.05) is 56.6 Å². The second kappa shape index (κ2) is 13.5. The van der Waals surface area contributed by atoms with E-state index in [1.54, 1.807) is 11.8 Å². The Hall–Kier alpha value is -4.45. The van der Waals surface area contributed by atoms with Crippen molar-refractivity contribution in [3.63, 3.8) is 0 Å². The van der Waals surface area contributed by atoms with Gasteiger partial charge in [-0.15, -0.1) is 0 Å². The van der Waals surface area contributed by atoms with Gasteiger partial charge in [-0.05, 0) is 42.9 Å². The first kappa shape index (κ1) is 32.9. The Morgan fingerprint density at radius 3 is 2.43 bits per heavy atom. The molecule has 0 spiro atoms. The van der Waals surface area contributed by atoms with Gasteiger partial charge in [0.05, 0.1) is 16.6 Å². The maximum atomic E-state index is 14.4. The summed E-state index contributed by atoms with van der Waals surface area (Å²) in [5.74, 6) is -1.55. The van der Waals surface area contributed by atoms with E-state index in [9.17, 15) is 28.4 Å². The molecule has 2 N–H and O–H groups in total. The molecule has 0 aliphatic carbocycles. The van der Waals surface area contributed by atoms with E-state index in [0.29, 0.717) is 26.1 Å². The molecular weight excluding hydrogens is 615 g/mol. The lowest BCUT2D eigenvalue weighted by Crippen LogP contribution is -2.58. The number of piperidine rings is 1. The first-order chi connectivity index (χ1) is 21.9. The Balaban J connectivity index is 1.41. The maximum absolute atomic E-state index is 14.4. The molecule has 11 nitrogen and oxygen atoms in total. The number of aromatic nitrogens is 2. The van der Waals surface area contributed by atoms with Crippen molar-refractivity contribution in [2.75, 3.05) is 31.5 Å². The molecule has 2 aliphatic heterocycles. The minimum Gasteiger partial charge on any atom is -0.354 e. The highest BCUT2D eigenvalue weighted by Crippen LogP contribution is 2.31. The molecule has 2 unspecified atom stereocenters. The van der Waals surface area contributed by atoms with Crippen LogP contribution in [-0.2, 0) is 22.6 Å². The molecule has 5 rings (SSSR count). The standard InChI is InChI=1S/C33H38ClFN6O5/c1-19-15-38(16-20(2)30(19)40-13-12-23-8-5-6-11-27(23)37-32(40)45)28(43)18-39-17-25(24-9-7-10-26(35)29(24)34)31(44)41(33(39)46)21(3)14-36-22(4)42/h5-11,17,19-21,30H,12-16,18H2,1-4H3,(H,36,42)(H,37,45)/t19?,20?,21-,30?/m0/s1. The van der Waals surface area contributed by atoms with Crippen LogP contribution in [0.25, 0.3) is 11.1 Å². The second-order valence-electron chi connectivity index (χ2n) is 12.3. The molecule has 1 aromatic heterocycles. The number of urea groups is 1. The minimum atomic E-state index is -0.778. The van der Waals surface area contributed by atoms with Gasteiger partial charge in [0.25, 0.3) is 5.56 Å². The summed E-state index contributed by atoms with van der Waals surface area (Å²) in [6, 6.07) is 10.7. The Kier molecular flexibility index (Phi) is 9.66. The number of carbonyl (C=O) groups is 3. The molecule has 13 heteroatoms. The summed E-state index contributed by atoms with van der Waals surface area (Å²) in [4.78, 5) is 69.4. The van der Waals surface area contributed by atoms with E-state index in [4.69, 9.17) is 11.6 Å². The first-order valence-electron chi connectivity index (χ1n) is 15.4. The van der Waals surface area contributed by atoms with Gasteiger partial charge in [0.2, 0.25) is 11.8 Å². The Labute approximate surface area is 270 Å². The number of anilines is 1. The van der Waals surface area contributed by atoms with Gasteiger partial charge in [-0.3, -0.25) is 23.5 Å². The van der Waals surface area contributed by atoms with E-state index in [1.807, 2.05) is 43.0 Å². The molecule has 0 bridgehead atoms. The third-order valence-electron chi connectivity index (χ3n) is 8.86. The Morgan fingerprint density at radius 2 is 1.74 bits per heavy atom. The zero-order valence-electron chi connectivity index (χ0n) is 26.3. The highest BCUT2D eigenvalue weighted by Gasteiger charge is 2.40. The fraction of sp³-hybridized carbons (Fsp3) is 0.424. The van der Waals surface area contributed by atoms with Crippen molar-refractivity contribution in [1.29, 1.82) is 0 Å². The van der Waals surface area contributed by atoms with E-state index in [0.717, 1.165) is 26.5 Å². The lowest BCUT2D eigenvalue weighted by atomic mass is 9.84. The van der Waals surface area contributed by atoms with Crippen molar-refractivity contribution in [1.82, 2.24) is 24.3 Å². The lowest BCUT2D eigenvalue weighted by molar-refractivity contribution is -0.136. The monoisotopic (exact) mass is 652 g/mol.